The maximum Gasteiger partial charge on any atom is 0.226 e. The van der Waals surface area contributed by atoms with E-state index in [-0.39, 0.29) is 36.1 Å². The fourth-order valence-electron chi connectivity index (χ4n) is 3.07. The minimum absolute atomic E-state index is 0.00600. The highest BCUT2D eigenvalue weighted by Gasteiger charge is 2.45. The molecule has 3 rings (SSSR count). The number of carbonyl (C=O) groups excluding carboxylic acids is 1. The Morgan fingerprint density at radius 2 is 2.00 bits per heavy atom. The first-order chi connectivity index (χ1) is 9.93. The quantitative estimate of drug-likeness (QED) is 0.893. The highest BCUT2D eigenvalue weighted by Crippen LogP contribution is 2.41. The molecule has 1 amide bonds. The Morgan fingerprint density at radius 3 is 2.57 bits per heavy atom. The van der Waals surface area contributed by atoms with E-state index in [4.69, 9.17) is 0 Å². The zero-order chi connectivity index (χ0) is 15.2. The van der Waals surface area contributed by atoms with Crippen LogP contribution in [-0.4, -0.2) is 48.8 Å². The van der Waals surface area contributed by atoms with Gasteiger partial charge in [0.2, 0.25) is 5.91 Å². The highest BCUT2D eigenvalue weighted by atomic mass is 16.3. The second-order valence-corrected chi connectivity index (χ2v) is 7.07. The largest absolute Gasteiger partial charge is 0.394 e. The van der Waals surface area contributed by atoms with Crippen molar-refractivity contribution in [3.8, 4) is 0 Å². The van der Waals surface area contributed by atoms with Gasteiger partial charge in [0, 0.05) is 5.92 Å². The topological polar surface area (TPSA) is 84.1 Å². The van der Waals surface area contributed by atoms with Crippen LogP contribution in [0.2, 0.25) is 0 Å². The van der Waals surface area contributed by atoms with Gasteiger partial charge in [-0.2, -0.15) is 0 Å². The maximum absolute atomic E-state index is 12.6. The first-order valence-corrected chi connectivity index (χ1v) is 7.65. The monoisotopic (exact) mass is 293 g/mol. The van der Waals surface area contributed by atoms with Crippen LogP contribution in [0, 0.1) is 5.92 Å². The standard InChI is InChI=1S/C14H23N5O2/c1-14(2,3)19-12(15-16-17-19)11-7-6-10(8-20)18(11)13(21)9-4-5-9/h9-11,20H,4-8H2,1-3H3/t10-,11+/m0/s1. The second kappa shape index (κ2) is 5.05. The predicted octanol–water partition coefficient (Wildman–Crippen LogP) is 0.862. The summed E-state index contributed by atoms with van der Waals surface area (Å²) >= 11 is 0. The van der Waals surface area contributed by atoms with Crippen molar-refractivity contribution in [2.45, 2.75) is 64.1 Å². The molecule has 2 aliphatic rings. The zero-order valence-corrected chi connectivity index (χ0v) is 12.9. The van der Waals surface area contributed by atoms with Crippen LogP contribution in [0.5, 0.6) is 0 Å². The van der Waals surface area contributed by atoms with E-state index in [0.717, 1.165) is 31.5 Å². The summed E-state index contributed by atoms with van der Waals surface area (Å²) in [5.41, 5.74) is -0.232. The number of tetrazole rings is 1. The first-order valence-electron chi connectivity index (χ1n) is 7.65. The van der Waals surface area contributed by atoms with E-state index in [1.807, 2.05) is 25.7 Å². The van der Waals surface area contributed by atoms with E-state index in [9.17, 15) is 9.90 Å². The molecule has 0 bridgehead atoms. The van der Waals surface area contributed by atoms with Gasteiger partial charge in [-0.25, -0.2) is 4.68 Å². The number of nitrogens with zero attached hydrogens (tertiary/aromatic N) is 5. The molecule has 7 heteroatoms. The van der Waals surface area contributed by atoms with Crippen LogP contribution in [0.4, 0.5) is 0 Å². The number of hydrogen-bond acceptors (Lipinski definition) is 5. The molecule has 2 atom stereocenters. The van der Waals surface area contributed by atoms with Gasteiger partial charge in [-0.15, -0.1) is 5.10 Å². The van der Waals surface area contributed by atoms with Crippen LogP contribution in [0.1, 0.15) is 58.3 Å². The average molecular weight is 293 g/mol. The number of carbonyl (C=O) groups is 1. The fraction of sp³-hybridized carbons (Fsp3) is 0.857. The number of aliphatic hydroxyl groups is 1. The van der Waals surface area contributed by atoms with E-state index in [0.29, 0.717) is 0 Å². The van der Waals surface area contributed by atoms with Crippen LogP contribution < -0.4 is 0 Å². The number of aromatic nitrogens is 4. The van der Waals surface area contributed by atoms with Gasteiger partial charge >= 0.3 is 0 Å². The number of amides is 1. The lowest BCUT2D eigenvalue weighted by Gasteiger charge is -2.30. The lowest BCUT2D eigenvalue weighted by molar-refractivity contribution is -0.136. The van der Waals surface area contributed by atoms with Crippen molar-refractivity contribution in [3.63, 3.8) is 0 Å². The van der Waals surface area contributed by atoms with Gasteiger partial charge in [-0.05, 0) is 56.9 Å². The molecular formula is C14H23N5O2. The minimum Gasteiger partial charge on any atom is -0.394 e. The molecule has 2 fully saturated rings. The molecular weight excluding hydrogens is 270 g/mol. The molecule has 1 saturated heterocycles. The molecule has 2 heterocycles. The lowest BCUT2D eigenvalue weighted by atomic mass is 10.1. The normalized spacial score (nSPS) is 26.4. The van der Waals surface area contributed by atoms with Crippen molar-refractivity contribution in [1.82, 2.24) is 25.1 Å². The van der Waals surface area contributed by atoms with Crippen LogP contribution in [0.15, 0.2) is 0 Å². The number of rotatable bonds is 3. The van der Waals surface area contributed by atoms with Crippen molar-refractivity contribution < 1.29 is 9.90 Å². The smallest absolute Gasteiger partial charge is 0.226 e. The molecule has 21 heavy (non-hydrogen) atoms. The van der Waals surface area contributed by atoms with Crippen LogP contribution >= 0.6 is 0 Å². The van der Waals surface area contributed by atoms with Gasteiger partial charge in [-0.3, -0.25) is 4.79 Å². The molecule has 1 aromatic heterocycles. The Balaban J connectivity index is 1.93. The van der Waals surface area contributed by atoms with E-state index in [1.54, 1.807) is 4.68 Å². The molecule has 1 N–H and O–H groups in total. The Labute approximate surface area is 124 Å². The van der Waals surface area contributed by atoms with Crippen molar-refractivity contribution in [1.29, 1.82) is 0 Å². The molecule has 1 aliphatic carbocycles. The average Bonchev–Trinajstić information content (AvgIpc) is 3.00. The van der Waals surface area contributed by atoms with Crippen LogP contribution in [0.3, 0.4) is 0 Å². The summed E-state index contributed by atoms with van der Waals surface area (Å²) < 4.78 is 1.80. The van der Waals surface area contributed by atoms with Crippen molar-refractivity contribution in [3.05, 3.63) is 5.82 Å². The molecule has 116 valence electrons. The minimum atomic E-state index is -0.232. The van der Waals surface area contributed by atoms with E-state index in [2.05, 4.69) is 15.5 Å². The van der Waals surface area contributed by atoms with Gasteiger partial charge < -0.3 is 10.0 Å². The molecule has 0 unspecified atom stereocenters. The van der Waals surface area contributed by atoms with Gasteiger partial charge in [0.25, 0.3) is 0 Å². The zero-order valence-electron chi connectivity index (χ0n) is 12.9. The first kappa shape index (κ1) is 14.4. The van der Waals surface area contributed by atoms with E-state index in [1.165, 1.54) is 0 Å². The molecule has 0 spiro atoms. The van der Waals surface area contributed by atoms with Crippen LogP contribution in [-0.2, 0) is 10.3 Å². The Hall–Kier alpha value is -1.50. The van der Waals surface area contributed by atoms with Gasteiger partial charge in [0.1, 0.15) is 0 Å². The highest BCUT2D eigenvalue weighted by molar-refractivity contribution is 5.82. The summed E-state index contributed by atoms with van der Waals surface area (Å²) in [4.78, 5) is 14.4. The van der Waals surface area contributed by atoms with Gasteiger partial charge in [0.05, 0.1) is 24.2 Å². The number of likely N-dealkylation sites (tertiary alicyclic amines) is 1. The van der Waals surface area contributed by atoms with E-state index >= 15 is 0 Å². The van der Waals surface area contributed by atoms with Crippen molar-refractivity contribution in [2.75, 3.05) is 6.61 Å². The molecule has 0 aromatic carbocycles. The lowest BCUT2D eigenvalue weighted by Crippen LogP contribution is -2.41. The second-order valence-electron chi connectivity index (χ2n) is 7.07. The molecule has 7 nitrogen and oxygen atoms in total. The molecule has 1 aliphatic heterocycles. The summed E-state index contributed by atoms with van der Waals surface area (Å²) in [6.45, 7) is 6.13. The van der Waals surface area contributed by atoms with Gasteiger partial charge in [0.15, 0.2) is 5.82 Å². The third-order valence-electron chi connectivity index (χ3n) is 4.32. The Kier molecular flexibility index (Phi) is 3.47. The molecule has 1 saturated carbocycles. The SMILES string of the molecule is CC(C)(C)n1nnnc1[C@H]1CC[C@@H](CO)N1C(=O)C1CC1. The Morgan fingerprint density at radius 1 is 1.29 bits per heavy atom. The number of aliphatic hydroxyl groups excluding tert-OH is 1. The number of hydrogen-bond donors (Lipinski definition) is 1. The summed E-state index contributed by atoms with van der Waals surface area (Å²) in [6, 6.07) is -0.224. The Bertz CT molecular complexity index is 532. The summed E-state index contributed by atoms with van der Waals surface area (Å²) in [5.74, 6) is 1.02. The summed E-state index contributed by atoms with van der Waals surface area (Å²) in [7, 11) is 0. The predicted molar refractivity (Wildman–Crippen MR) is 75.2 cm³/mol. The van der Waals surface area contributed by atoms with Crippen molar-refractivity contribution >= 4 is 5.91 Å². The van der Waals surface area contributed by atoms with Gasteiger partial charge in [-0.1, -0.05) is 0 Å². The molecule has 1 aromatic rings. The fourth-order valence-corrected chi connectivity index (χ4v) is 3.07. The molecule has 0 radical (unpaired) electrons. The van der Waals surface area contributed by atoms with Crippen molar-refractivity contribution in [2.24, 2.45) is 5.92 Å². The summed E-state index contributed by atoms with van der Waals surface area (Å²) in [5, 5.41) is 21.6. The maximum atomic E-state index is 12.6. The van der Waals surface area contributed by atoms with Crippen LogP contribution in [0.25, 0.3) is 0 Å². The van der Waals surface area contributed by atoms with E-state index < -0.39 is 0 Å². The third kappa shape index (κ3) is 2.54. The third-order valence-corrected chi connectivity index (χ3v) is 4.32. The summed E-state index contributed by atoms with van der Waals surface area (Å²) in [6.07, 6.45) is 3.53.